The van der Waals surface area contributed by atoms with E-state index < -0.39 is 0 Å². The molecule has 0 amide bonds. The van der Waals surface area contributed by atoms with Crippen LogP contribution in [0.4, 0.5) is 0 Å². The largest absolute Gasteiger partial charge is 0.309 e. The van der Waals surface area contributed by atoms with E-state index in [9.17, 15) is 5.26 Å². The third-order valence-electron chi connectivity index (χ3n) is 13.6. The smallest absolute Gasteiger partial charge is 0.138 e. The van der Waals surface area contributed by atoms with Crippen molar-refractivity contribution < 1.29 is 0 Å². The second kappa shape index (κ2) is 13.9. The van der Waals surface area contributed by atoms with E-state index in [1.165, 1.54) is 37.7 Å². The van der Waals surface area contributed by atoms with Crippen LogP contribution in [-0.4, -0.2) is 23.3 Å². The van der Waals surface area contributed by atoms with Crippen LogP contribution in [0, 0.1) is 11.3 Å². The maximum atomic E-state index is 9.95. The fraction of sp³-hybridized carbons (Fsp3) is 0. The van der Waals surface area contributed by atoms with Gasteiger partial charge in [-0.1, -0.05) is 133 Å². The number of para-hydroxylation sites is 6. The Labute approximate surface area is 378 Å². The molecule has 0 radical (unpaired) electrons. The first kappa shape index (κ1) is 36.3. The van der Waals surface area contributed by atoms with Gasteiger partial charge in [0.05, 0.1) is 67.7 Å². The highest BCUT2D eigenvalue weighted by molar-refractivity contribution is 6.27. The summed E-state index contributed by atoms with van der Waals surface area (Å²) < 4.78 is 9.55. The van der Waals surface area contributed by atoms with Gasteiger partial charge in [0.2, 0.25) is 0 Å². The Kier molecular flexibility index (Phi) is 7.65. The second-order valence-electron chi connectivity index (χ2n) is 17.0. The Morgan fingerprint density at radius 3 is 1.32 bits per heavy atom. The van der Waals surface area contributed by atoms with Crippen molar-refractivity contribution in [3.05, 3.63) is 224 Å². The Morgan fingerprint density at radius 2 is 0.803 bits per heavy atom. The van der Waals surface area contributed by atoms with Crippen LogP contribution in [0.3, 0.4) is 0 Å². The van der Waals surface area contributed by atoms with E-state index in [0.717, 1.165) is 83.5 Å². The van der Waals surface area contributed by atoms with E-state index in [0.29, 0.717) is 5.56 Å². The molecule has 66 heavy (non-hydrogen) atoms. The van der Waals surface area contributed by atoms with E-state index >= 15 is 0 Å². The predicted molar refractivity (Wildman–Crippen MR) is 272 cm³/mol. The van der Waals surface area contributed by atoms with Crippen molar-refractivity contribution in [1.29, 1.82) is 5.26 Å². The monoisotopic (exact) mass is 840 g/mol. The van der Waals surface area contributed by atoms with Gasteiger partial charge in [0.1, 0.15) is 5.82 Å². The summed E-state index contributed by atoms with van der Waals surface area (Å²) in [6.45, 7) is 0. The number of rotatable bonds is 5. The van der Waals surface area contributed by atoms with Gasteiger partial charge in [0.25, 0.3) is 0 Å². The zero-order chi connectivity index (χ0) is 43.5. The van der Waals surface area contributed by atoms with Crippen LogP contribution in [0.1, 0.15) is 5.56 Å². The molecule has 14 rings (SSSR count). The molecule has 0 saturated carbocycles. The van der Waals surface area contributed by atoms with Gasteiger partial charge >= 0.3 is 0 Å². The molecule has 0 unspecified atom stereocenters. The number of pyridine rings is 1. The number of nitrogens with zero attached hydrogens (tertiary/aromatic N) is 6. The number of hydrogen-bond acceptors (Lipinski definition) is 2. The molecule has 0 saturated heterocycles. The highest BCUT2D eigenvalue weighted by Gasteiger charge is 2.25. The third kappa shape index (κ3) is 5.02. The Bertz CT molecular complexity index is 4330. The number of fused-ring (bicyclic) bond motifs is 14. The van der Waals surface area contributed by atoms with Crippen LogP contribution in [0.25, 0.3) is 121 Å². The average Bonchev–Trinajstić information content (AvgIpc) is 4.12. The molecule has 0 atom stereocenters. The lowest BCUT2D eigenvalue weighted by atomic mass is 10.0. The lowest BCUT2D eigenvalue weighted by molar-refractivity contribution is 1.06. The average molecular weight is 841 g/mol. The minimum Gasteiger partial charge on any atom is -0.309 e. The van der Waals surface area contributed by atoms with Gasteiger partial charge in [-0.15, -0.1) is 0 Å². The van der Waals surface area contributed by atoms with E-state index in [4.69, 9.17) is 4.98 Å². The predicted octanol–water partition coefficient (Wildman–Crippen LogP) is 15.0. The van der Waals surface area contributed by atoms with Crippen LogP contribution < -0.4 is 0 Å². The highest BCUT2D eigenvalue weighted by Crippen LogP contribution is 2.46. The molecule has 0 N–H and O–H groups in total. The van der Waals surface area contributed by atoms with Crippen molar-refractivity contribution in [3.8, 4) is 40.1 Å². The maximum Gasteiger partial charge on any atom is 0.138 e. The molecule has 6 nitrogen and oxygen atoms in total. The van der Waals surface area contributed by atoms with Crippen molar-refractivity contribution >= 4 is 87.2 Å². The lowest BCUT2D eigenvalue weighted by Gasteiger charge is -2.17. The van der Waals surface area contributed by atoms with Crippen LogP contribution in [0.15, 0.2) is 219 Å². The van der Waals surface area contributed by atoms with E-state index in [2.05, 4.69) is 231 Å². The van der Waals surface area contributed by atoms with Gasteiger partial charge in [0, 0.05) is 60.0 Å². The molecule has 0 aliphatic carbocycles. The van der Waals surface area contributed by atoms with Gasteiger partial charge in [-0.05, 0) is 84.4 Å². The molecule has 0 bridgehead atoms. The third-order valence-corrected chi connectivity index (χ3v) is 13.6. The Morgan fingerprint density at radius 1 is 0.364 bits per heavy atom. The summed E-state index contributed by atoms with van der Waals surface area (Å²) in [6.07, 6.45) is 2.07. The van der Waals surface area contributed by atoms with Crippen molar-refractivity contribution in [2.75, 3.05) is 0 Å². The zero-order valence-electron chi connectivity index (χ0n) is 35.5. The standard InChI is InChI=1S/C60H36N6/c61-36-38-27-29-39(30-28-38)48-35-56(66-50-24-12-8-20-43(50)45-32-34-54-58(60(45)66)47-22-10-14-26-52(47)64(54)41-17-5-2-6-18-41)62-37-55(48)65-49-23-11-7-19-42(49)44-31-33-53-57(59(44)65)46-21-9-13-25-51(46)63(53)40-15-3-1-4-16-40/h1-35,37H. The number of hydrogen-bond donors (Lipinski definition) is 0. The van der Waals surface area contributed by atoms with Crippen LogP contribution in [0.5, 0.6) is 0 Å². The molecular weight excluding hydrogens is 805 g/mol. The summed E-state index contributed by atoms with van der Waals surface area (Å²) >= 11 is 0. The fourth-order valence-corrected chi connectivity index (χ4v) is 10.9. The second-order valence-corrected chi connectivity index (χ2v) is 17.0. The van der Waals surface area contributed by atoms with E-state index in [1.807, 2.05) is 12.1 Å². The first-order valence-electron chi connectivity index (χ1n) is 22.3. The van der Waals surface area contributed by atoms with Gasteiger partial charge in [-0.25, -0.2) is 4.98 Å². The minimum absolute atomic E-state index is 0.612. The normalized spacial score (nSPS) is 11.9. The summed E-state index contributed by atoms with van der Waals surface area (Å²) in [6, 6.07) is 77.8. The SMILES string of the molecule is N#Cc1ccc(-c2cc(-n3c4ccccc4c4ccc5c(c6ccccc6n5-c5ccccc5)c43)ncc2-n2c3ccccc3c3ccc4c(c5ccccc5n4-c4ccccc4)c32)cc1. The lowest BCUT2D eigenvalue weighted by Crippen LogP contribution is -2.04. The molecule has 0 aliphatic heterocycles. The maximum absolute atomic E-state index is 9.95. The Hall–Kier alpha value is -9.18. The summed E-state index contributed by atoms with van der Waals surface area (Å²) in [5.74, 6) is 0.806. The molecule has 0 aliphatic rings. The van der Waals surface area contributed by atoms with Crippen molar-refractivity contribution in [2.24, 2.45) is 0 Å². The number of benzene rings is 9. The molecule has 6 heteroatoms. The van der Waals surface area contributed by atoms with Gasteiger partial charge in [0.15, 0.2) is 0 Å². The molecule has 0 spiro atoms. The van der Waals surface area contributed by atoms with Gasteiger partial charge in [-0.3, -0.25) is 4.57 Å². The van der Waals surface area contributed by atoms with Crippen LogP contribution >= 0.6 is 0 Å². The quantitative estimate of drug-likeness (QED) is 0.173. The fourth-order valence-electron chi connectivity index (χ4n) is 10.9. The van der Waals surface area contributed by atoms with E-state index in [1.54, 1.807) is 0 Å². The van der Waals surface area contributed by atoms with Gasteiger partial charge in [-0.2, -0.15) is 5.26 Å². The van der Waals surface area contributed by atoms with Crippen LogP contribution in [0.2, 0.25) is 0 Å². The molecule has 5 aromatic heterocycles. The Balaban J connectivity index is 1.12. The molecule has 0 fully saturated rings. The molecule has 9 aromatic carbocycles. The van der Waals surface area contributed by atoms with Crippen LogP contribution in [-0.2, 0) is 0 Å². The summed E-state index contributed by atoms with van der Waals surface area (Å²) in [5, 5.41) is 19.3. The summed E-state index contributed by atoms with van der Waals surface area (Å²) in [4.78, 5) is 5.54. The molecule has 5 heterocycles. The highest BCUT2D eigenvalue weighted by atomic mass is 15.1. The minimum atomic E-state index is 0.612. The number of nitriles is 1. The molecular formula is C60H36N6. The summed E-state index contributed by atoms with van der Waals surface area (Å²) in [7, 11) is 0. The summed E-state index contributed by atoms with van der Waals surface area (Å²) in [5.41, 5.74) is 14.7. The van der Waals surface area contributed by atoms with Gasteiger partial charge < -0.3 is 13.7 Å². The zero-order valence-corrected chi connectivity index (χ0v) is 35.5. The van der Waals surface area contributed by atoms with Crippen molar-refractivity contribution in [1.82, 2.24) is 23.3 Å². The first-order valence-corrected chi connectivity index (χ1v) is 22.3. The van der Waals surface area contributed by atoms with Crippen molar-refractivity contribution in [3.63, 3.8) is 0 Å². The molecule has 14 aromatic rings. The first-order chi connectivity index (χ1) is 32.7. The number of aromatic nitrogens is 5. The molecule has 306 valence electrons. The van der Waals surface area contributed by atoms with E-state index in [-0.39, 0.29) is 0 Å². The topological polar surface area (TPSA) is 56.4 Å². The van der Waals surface area contributed by atoms with Crippen molar-refractivity contribution in [2.45, 2.75) is 0 Å².